The van der Waals surface area contributed by atoms with Crippen LogP contribution in [0.1, 0.15) is 5.56 Å². The lowest BCUT2D eigenvalue weighted by molar-refractivity contribution is 0.216. The van der Waals surface area contributed by atoms with Gasteiger partial charge in [-0.25, -0.2) is 8.42 Å². The molecule has 0 saturated heterocycles. The first kappa shape index (κ1) is 10.4. The fraction of sp³-hybridized carbons (Fsp3) is 0.273. The van der Waals surface area contributed by atoms with Gasteiger partial charge in [0.05, 0.1) is 18.1 Å². The lowest BCUT2D eigenvalue weighted by Crippen LogP contribution is -1.97. The Morgan fingerprint density at radius 1 is 1.20 bits per heavy atom. The van der Waals surface area contributed by atoms with Crippen molar-refractivity contribution in [2.45, 2.75) is 4.90 Å². The summed E-state index contributed by atoms with van der Waals surface area (Å²) in [6.07, 6.45) is 3.22. The molecule has 0 aromatic heterocycles. The van der Waals surface area contributed by atoms with Gasteiger partial charge in [-0.15, -0.1) is 0 Å². The van der Waals surface area contributed by atoms with Crippen molar-refractivity contribution in [3.05, 3.63) is 35.9 Å². The molecule has 1 aromatic carbocycles. The number of hydrogen-bond acceptors (Lipinski definition) is 3. The molecule has 0 amide bonds. The summed E-state index contributed by atoms with van der Waals surface area (Å²) in [4.78, 5) is 0.353. The van der Waals surface area contributed by atoms with Crippen molar-refractivity contribution in [1.82, 2.24) is 0 Å². The highest BCUT2D eigenvalue weighted by atomic mass is 32.2. The normalized spacial score (nSPS) is 16.5. The summed E-state index contributed by atoms with van der Waals surface area (Å²) < 4.78 is 27.7. The van der Waals surface area contributed by atoms with E-state index >= 15 is 0 Å². The molecule has 0 atom stereocenters. The number of sulfone groups is 1. The van der Waals surface area contributed by atoms with Crippen LogP contribution in [-0.2, 0) is 14.6 Å². The van der Waals surface area contributed by atoms with Crippen LogP contribution in [0.4, 0.5) is 0 Å². The van der Waals surface area contributed by atoms with Crippen molar-refractivity contribution < 1.29 is 13.2 Å². The molecule has 0 unspecified atom stereocenters. The van der Waals surface area contributed by atoms with Gasteiger partial charge in [-0.2, -0.15) is 0 Å². The number of benzene rings is 1. The fourth-order valence-corrected chi connectivity index (χ4v) is 2.14. The smallest absolute Gasteiger partial charge is 0.175 e. The van der Waals surface area contributed by atoms with Crippen molar-refractivity contribution in [2.75, 3.05) is 19.5 Å². The van der Waals surface area contributed by atoms with Crippen LogP contribution in [0.2, 0.25) is 0 Å². The molecule has 4 heteroatoms. The highest BCUT2D eigenvalue weighted by Crippen LogP contribution is 2.20. The minimum Gasteiger partial charge on any atom is -0.373 e. The molecule has 1 aliphatic heterocycles. The van der Waals surface area contributed by atoms with E-state index in [1.54, 1.807) is 12.1 Å². The lowest BCUT2D eigenvalue weighted by Gasteiger charge is -2.02. The fourth-order valence-electron chi connectivity index (χ4n) is 1.50. The average molecular weight is 224 g/mol. The van der Waals surface area contributed by atoms with Gasteiger partial charge < -0.3 is 4.74 Å². The molecule has 0 bridgehead atoms. The third-order valence-electron chi connectivity index (χ3n) is 2.36. The summed E-state index contributed by atoms with van der Waals surface area (Å²) in [5, 5.41) is 0. The molecular formula is C11H12O3S. The zero-order valence-corrected chi connectivity index (χ0v) is 9.25. The third kappa shape index (κ3) is 2.27. The van der Waals surface area contributed by atoms with Crippen molar-refractivity contribution in [3.63, 3.8) is 0 Å². The molecule has 0 spiro atoms. The minimum absolute atomic E-state index is 0.353. The minimum atomic E-state index is -3.09. The quantitative estimate of drug-likeness (QED) is 0.764. The summed E-state index contributed by atoms with van der Waals surface area (Å²) in [6, 6.07) is 6.89. The van der Waals surface area contributed by atoms with Gasteiger partial charge in [0.2, 0.25) is 0 Å². The molecule has 0 N–H and O–H groups in total. The number of rotatable bonds is 2. The molecule has 0 fully saturated rings. The predicted molar refractivity (Wildman–Crippen MR) is 58.3 cm³/mol. The zero-order valence-electron chi connectivity index (χ0n) is 8.43. The Morgan fingerprint density at radius 2 is 1.87 bits per heavy atom. The van der Waals surface area contributed by atoms with Gasteiger partial charge in [-0.3, -0.25) is 0 Å². The van der Waals surface area contributed by atoms with Gasteiger partial charge in [0.1, 0.15) is 0 Å². The predicted octanol–water partition coefficient (Wildman–Crippen LogP) is 1.50. The van der Waals surface area contributed by atoms with E-state index < -0.39 is 9.84 Å². The van der Waals surface area contributed by atoms with E-state index in [2.05, 4.69) is 0 Å². The Hall–Kier alpha value is -1.13. The number of hydrogen-bond donors (Lipinski definition) is 0. The summed E-state index contributed by atoms with van der Waals surface area (Å²) in [6.45, 7) is 1.25. The molecule has 1 aromatic rings. The van der Waals surface area contributed by atoms with Crippen molar-refractivity contribution >= 4 is 15.4 Å². The first-order valence-electron chi connectivity index (χ1n) is 4.64. The van der Waals surface area contributed by atoms with Crippen LogP contribution in [0.5, 0.6) is 0 Å². The van der Waals surface area contributed by atoms with E-state index in [1.807, 2.05) is 18.2 Å². The Kier molecular flexibility index (Phi) is 2.63. The summed E-state index contributed by atoms with van der Waals surface area (Å²) in [5.74, 6) is 0. The molecule has 3 nitrogen and oxygen atoms in total. The Bertz CT molecular complexity index is 483. The SMILES string of the molecule is CS(=O)(=O)c1ccc(C2=CCOC2)cc1. The van der Waals surface area contributed by atoms with Crippen LogP contribution >= 0.6 is 0 Å². The van der Waals surface area contributed by atoms with E-state index in [-0.39, 0.29) is 0 Å². The van der Waals surface area contributed by atoms with Gasteiger partial charge in [-0.05, 0) is 23.3 Å². The Morgan fingerprint density at radius 3 is 2.33 bits per heavy atom. The first-order valence-corrected chi connectivity index (χ1v) is 6.54. The van der Waals surface area contributed by atoms with E-state index in [1.165, 1.54) is 6.26 Å². The second-order valence-corrected chi connectivity index (χ2v) is 5.56. The second kappa shape index (κ2) is 3.79. The maximum absolute atomic E-state index is 11.2. The standard InChI is InChI=1S/C11H12O3S/c1-15(12,13)11-4-2-9(3-5-11)10-6-7-14-8-10/h2-6H,7-8H2,1H3. The number of ether oxygens (including phenoxy) is 1. The Balaban J connectivity index is 2.32. The molecule has 2 rings (SSSR count). The zero-order chi connectivity index (χ0) is 10.9. The first-order chi connectivity index (χ1) is 7.07. The van der Waals surface area contributed by atoms with Crippen LogP contribution in [0.3, 0.4) is 0 Å². The molecule has 80 valence electrons. The van der Waals surface area contributed by atoms with Crippen LogP contribution in [0, 0.1) is 0 Å². The molecule has 1 heterocycles. The van der Waals surface area contributed by atoms with Crippen LogP contribution in [0.25, 0.3) is 5.57 Å². The molecule has 0 saturated carbocycles. The summed E-state index contributed by atoms with van der Waals surface area (Å²) in [7, 11) is -3.09. The second-order valence-electron chi connectivity index (χ2n) is 3.54. The van der Waals surface area contributed by atoms with E-state index in [0.717, 1.165) is 11.1 Å². The van der Waals surface area contributed by atoms with Crippen LogP contribution < -0.4 is 0 Å². The van der Waals surface area contributed by atoms with Crippen LogP contribution in [-0.4, -0.2) is 27.9 Å². The average Bonchev–Trinajstić information content (AvgIpc) is 2.69. The van der Waals surface area contributed by atoms with E-state index in [4.69, 9.17) is 4.74 Å². The summed E-state index contributed by atoms with van der Waals surface area (Å²) >= 11 is 0. The van der Waals surface area contributed by atoms with Gasteiger partial charge in [0.25, 0.3) is 0 Å². The highest BCUT2D eigenvalue weighted by Gasteiger charge is 2.10. The molecule has 15 heavy (non-hydrogen) atoms. The van der Waals surface area contributed by atoms with Gasteiger partial charge in [0, 0.05) is 6.26 Å². The third-order valence-corrected chi connectivity index (χ3v) is 3.49. The highest BCUT2D eigenvalue weighted by molar-refractivity contribution is 7.90. The molecule has 0 radical (unpaired) electrons. The molecule has 0 aliphatic carbocycles. The molecular weight excluding hydrogens is 212 g/mol. The van der Waals surface area contributed by atoms with Crippen LogP contribution in [0.15, 0.2) is 35.2 Å². The lowest BCUT2D eigenvalue weighted by atomic mass is 10.1. The van der Waals surface area contributed by atoms with E-state index in [9.17, 15) is 8.42 Å². The molecule has 1 aliphatic rings. The van der Waals surface area contributed by atoms with Gasteiger partial charge in [0.15, 0.2) is 9.84 Å². The van der Waals surface area contributed by atoms with Gasteiger partial charge in [-0.1, -0.05) is 18.2 Å². The maximum Gasteiger partial charge on any atom is 0.175 e. The van der Waals surface area contributed by atoms with Gasteiger partial charge >= 0.3 is 0 Å². The van der Waals surface area contributed by atoms with E-state index in [0.29, 0.717) is 18.1 Å². The summed E-state index contributed by atoms with van der Waals surface area (Å²) in [5.41, 5.74) is 2.15. The van der Waals surface area contributed by atoms with Crippen molar-refractivity contribution in [3.8, 4) is 0 Å². The topological polar surface area (TPSA) is 43.4 Å². The largest absolute Gasteiger partial charge is 0.373 e. The van der Waals surface area contributed by atoms with Crippen molar-refractivity contribution in [2.24, 2.45) is 0 Å². The monoisotopic (exact) mass is 224 g/mol. The maximum atomic E-state index is 11.2. The van der Waals surface area contributed by atoms with Crippen molar-refractivity contribution in [1.29, 1.82) is 0 Å². The Labute approximate surface area is 89.3 Å².